The summed E-state index contributed by atoms with van der Waals surface area (Å²) in [6, 6.07) is 8.07. The van der Waals surface area contributed by atoms with Crippen LogP contribution in [0.15, 0.2) is 36.7 Å². The van der Waals surface area contributed by atoms with Crippen molar-refractivity contribution in [1.82, 2.24) is 9.55 Å². The Labute approximate surface area is 125 Å². The molecule has 3 nitrogen and oxygen atoms in total. The predicted octanol–water partition coefficient (Wildman–Crippen LogP) is 3.99. The fourth-order valence-corrected chi connectivity index (χ4v) is 2.63. The molecule has 0 saturated heterocycles. The van der Waals surface area contributed by atoms with Gasteiger partial charge in [-0.2, -0.15) is 0 Å². The summed E-state index contributed by atoms with van der Waals surface area (Å²) in [5.41, 5.74) is 7.54. The lowest BCUT2D eigenvalue weighted by Crippen LogP contribution is -2.33. The third kappa shape index (κ3) is 3.05. The molecular formula is C16H22ClN3. The van der Waals surface area contributed by atoms with Crippen molar-refractivity contribution in [3.8, 4) is 0 Å². The van der Waals surface area contributed by atoms with E-state index >= 15 is 0 Å². The number of benzene rings is 1. The zero-order valence-electron chi connectivity index (χ0n) is 12.3. The minimum absolute atomic E-state index is 0.0443. The summed E-state index contributed by atoms with van der Waals surface area (Å²) < 4.78 is 2.20. The Balaban J connectivity index is 2.47. The highest BCUT2D eigenvalue weighted by Crippen LogP contribution is 2.27. The molecule has 2 aromatic rings. The van der Waals surface area contributed by atoms with Gasteiger partial charge in [0.15, 0.2) is 0 Å². The summed E-state index contributed by atoms with van der Waals surface area (Å²) in [6.07, 6.45) is 4.77. The number of rotatable bonds is 5. The van der Waals surface area contributed by atoms with Crippen LogP contribution in [0, 0.1) is 0 Å². The molecule has 0 spiro atoms. The lowest BCUT2D eigenvalue weighted by Gasteiger charge is -2.27. The Kier molecular flexibility index (Phi) is 4.84. The Morgan fingerprint density at radius 3 is 2.45 bits per heavy atom. The Hall–Kier alpha value is -1.32. The summed E-state index contributed by atoms with van der Waals surface area (Å²) in [5, 5.41) is 0.743. The molecule has 2 N–H and O–H groups in total. The maximum Gasteiger partial charge on any atom is 0.111 e. The molecule has 4 heteroatoms. The van der Waals surface area contributed by atoms with Crippen molar-refractivity contribution in [3.05, 3.63) is 53.1 Å². The molecule has 1 aromatic heterocycles. The first-order chi connectivity index (χ1) is 9.54. The number of nitrogens with zero attached hydrogens (tertiary/aromatic N) is 2. The normalized spacial score (nSPS) is 14.5. The molecule has 0 aliphatic rings. The van der Waals surface area contributed by atoms with Crippen LogP contribution in [0.3, 0.4) is 0 Å². The SMILES string of the molecule is CCC(N)C(c1ccc(Cl)cc1)n1ccnc1C(C)C. The van der Waals surface area contributed by atoms with Crippen LogP contribution in [-0.4, -0.2) is 15.6 Å². The molecule has 2 atom stereocenters. The molecule has 2 unspecified atom stereocenters. The number of halogens is 1. The number of aromatic nitrogens is 2. The molecule has 0 aliphatic heterocycles. The molecule has 2 rings (SSSR count). The largest absolute Gasteiger partial charge is 0.326 e. The van der Waals surface area contributed by atoms with E-state index in [9.17, 15) is 0 Å². The minimum Gasteiger partial charge on any atom is -0.326 e. The van der Waals surface area contributed by atoms with Gasteiger partial charge in [-0.3, -0.25) is 0 Å². The van der Waals surface area contributed by atoms with Crippen LogP contribution >= 0.6 is 11.6 Å². The van der Waals surface area contributed by atoms with Crippen LogP contribution in [0.1, 0.15) is 50.5 Å². The second-order valence-corrected chi connectivity index (χ2v) is 5.85. The summed E-state index contributed by atoms with van der Waals surface area (Å²) in [5.74, 6) is 1.43. The van der Waals surface area contributed by atoms with Crippen molar-refractivity contribution in [2.75, 3.05) is 0 Å². The number of imidazole rings is 1. The van der Waals surface area contributed by atoms with E-state index in [1.165, 1.54) is 5.56 Å². The van der Waals surface area contributed by atoms with Crippen molar-refractivity contribution in [2.45, 2.75) is 45.2 Å². The molecule has 0 aliphatic carbocycles. The van der Waals surface area contributed by atoms with Gasteiger partial charge in [0.05, 0.1) is 6.04 Å². The molecule has 0 bridgehead atoms. The fraction of sp³-hybridized carbons (Fsp3) is 0.438. The second kappa shape index (κ2) is 6.42. The standard InChI is InChI=1S/C16H22ClN3/c1-4-14(18)15(12-5-7-13(17)8-6-12)20-10-9-19-16(20)11(2)3/h5-11,14-15H,4,18H2,1-3H3. The zero-order valence-corrected chi connectivity index (χ0v) is 13.0. The Morgan fingerprint density at radius 2 is 1.90 bits per heavy atom. The molecule has 0 fully saturated rings. The smallest absolute Gasteiger partial charge is 0.111 e. The maximum absolute atomic E-state index is 6.37. The fourth-order valence-electron chi connectivity index (χ4n) is 2.50. The van der Waals surface area contributed by atoms with Gasteiger partial charge in [0.1, 0.15) is 5.82 Å². The molecule has 1 aromatic carbocycles. The highest BCUT2D eigenvalue weighted by atomic mass is 35.5. The monoisotopic (exact) mass is 291 g/mol. The quantitative estimate of drug-likeness (QED) is 0.905. The highest BCUT2D eigenvalue weighted by molar-refractivity contribution is 6.30. The summed E-state index contributed by atoms with van der Waals surface area (Å²) in [7, 11) is 0. The molecule has 0 amide bonds. The third-order valence-corrected chi connectivity index (χ3v) is 3.86. The van der Waals surface area contributed by atoms with E-state index in [0.29, 0.717) is 5.92 Å². The number of hydrogen-bond acceptors (Lipinski definition) is 2. The van der Waals surface area contributed by atoms with Crippen LogP contribution < -0.4 is 5.73 Å². The van der Waals surface area contributed by atoms with E-state index in [0.717, 1.165) is 17.3 Å². The summed E-state index contributed by atoms with van der Waals surface area (Å²) in [4.78, 5) is 4.48. The number of hydrogen-bond donors (Lipinski definition) is 1. The van der Waals surface area contributed by atoms with E-state index in [4.69, 9.17) is 17.3 Å². The maximum atomic E-state index is 6.37. The van der Waals surface area contributed by atoms with Gasteiger partial charge in [-0.1, -0.05) is 44.5 Å². The molecular weight excluding hydrogens is 270 g/mol. The van der Waals surface area contributed by atoms with E-state index in [2.05, 4.69) is 30.3 Å². The van der Waals surface area contributed by atoms with E-state index < -0.39 is 0 Å². The van der Waals surface area contributed by atoms with Crippen LogP contribution in [0.4, 0.5) is 0 Å². The van der Waals surface area contributed by atoms with Gasteiger partial charge in [0, 0.05) is 29.4 Å². The van der Waals surface area contributed by atoms with Crippen LogP contribution in [0.2, 0.25) is 5.02 Å². The zero-order chi connectivity index (χ0) is 14.7. The molecule has 0 saturated carbocycles. The van der Waals surface area contributed by atoms with Crippen molar-refractivity contribution in [1.29, 1.82) is 0 Å². The third-order valence-electron chi connectivity index (χ3n) is 3.60. The van der Waals surface area contributed by atoms with E-state index in [-0.39, 0.29) is 12.1 Å². The number of nitrogens with two attached hydrogens (primary N) is 1. The van der Waals surface area contributed by atoms with Crippen molar-refractivity contribution < 1.29 is 0 Å². The summed E-state index contributed by atoms with van der Waals surface area (Å²) >= 11 is 5.99. The molecule has 20 heavy (non-hydrogen) atoms. The Morgan fingerprint density at radius 1 is 1.25 bits per heavy atom. The molecule has 1 heterocycles. The van der Waals surface area contributed by atoms with Crippen LogP contribution in [0.5, 0.6) is 0 Å². The lowest BCUT2D eigenvalue weighted by atomic mass is 9.97. The first-order valence-corrected chi connectivity index (χ1v) is 7.46. The van der Waals surface area contributed by atoms with Crippen molar-refractivity contribution in [3.63, 3.8) is 0 Å². The first-order valence-electron chi connectivity index (χ1n) is 7.08. The Bertz CT molecular complexity index is 545. The van der Waals surface area contributed by atoms with Crippen LogP contribution in [0.25, 0.3) is 0 Å². The van der Waals surface area contributed by atoms with Gasteiger partial charge in [-0.25, -0.2) is 4.98 Å². The average molecular weight is 292 g/mol. The van der Waals surface area contributed by atoms with Gasteiger partial charge < -0.3 is 10.3 Å². The van der Waals surface area contributed by atoms with Crippen molar-refractivity contribution in [2.24, 2.45) is 5.73 Å². The topological polar surface area (TPSA) is 43.8 Å². The van der Waals surface area contributed by atoms with Gasteiger partial charge in [0.25, 0.3) is 0 Å². The van der Waals surface area contributed by atoms with E-state index in [1.54, 1.807) is 0 Å². The minimum atomic E-state index is 0.0443. The highest BCUT2D eigenvalue weighted by Gasteiger charge is 2.23. The predicted molar refractivity (Wildman–Crippen MR) is 84.2 cm³/mol. The van der Waals surface area contributed by atoms with Crippen LogP contribution in [-0.2, 0) is 0 Å². The van der Waals surface area contributed by atoms with Gasteiger partial charge in [-0.05, 0) is 24.1 Å². The van der Waals surface area contributed by atoms with E-state index in [1.807, 2.05) is 36.7 Å². The second-order valence-electron chi connectivity index (χ2n) is 5.42. The van der Waals surface area contributed by atoms with Gasteiger partial charge >= 0.3 is 0 Å². The van der Waals surface area contributed by atoms with Gasteiger partial charge in [-0.15, -0.1) is 0 Å². The average Bonchev–Trinajstić information content (AvgIpc) is 2.90. The molecule has 0 radical (unpaired) electrons. The van der Waals surface area contributed by atoms with Crippen molar-refractivity contribution >= 4 is 11.6 Å². The first kappa shape index (κ1) is 15.1. The lowest BCUT2D eigenvalue weighted by molar-refractivity contribution is 0.440. The molecule has 108 valence electrons. The van der Waals surface area contributed by atoms with Gasteiger partial charge in [0.2, 0.25) is 0 Å². The summed E-state index contributed by atoms with van der Waals surface area (Å²) in [6.45, 7) is 6.41.